The first kappa shape index (κ1) is 27.8. The monoisotopic (exact) mass is 526 g/mol. The molecule has 0 unspecified atom stereocenters. The topological polar surface area (TPSA) is 48.5 Å². The van der Waals surface area contributed by atoms with Crippen LogP contribution >= 0.6 is 0 Å². The van der Waals surface area contributed by atoms with Crippen LogP contribution in [0.4, 0.5) is 18.9 Å². The van der Waals surface area contributed by atoms with Crippen molar-refractivity contribution >= 4 is 11.6 Å². The van der Waals surface area contributed by atoms with E-state index in [-0.39, 0.29) is 7.11 Å². The minimum Gasteiger partial charge on any atom is -0.322 e. The SMILES string of the molecule is CCCc1ccc(C(=O)Nc2cc(CN3CCN(C)CC3)cc(C(F)(F)F)c2)cc1CCc1cccnc1.[HH]. The fraction of sp³-hybridized carbons (Fsp3) is 0.400. The molecule has 2 heterocycles. The molecule has 1 aromatic heterocycles. The van der Waals surface area contributed by atoms with E-state index in [0.29, 0.717) is 17.7 Å². The molecule has 1 fully saturated rings. The molecule has 2 aromatic carbocycles. The van der Waals surface area contributed by atoms with Crippen molar-refractivity contribution in [1.82, 2.24) is 14.8 Å². The first-order valence-corrected chi connectivity index (χ1v) is 13.2. The summed E-state index contributed by atoms with van der Waals surface area (Å²) < 4.78 is 41.1. The molecular weight excluding hydrogens is 489 g/mol. The third-order valence-electron chi connectivity index (χ3n) is 6.97. The molecule has 0 atom stereocenters. The molecule has 5 nitrogen and oxygen atoms in total. The molecule has 0 spiro atoms. The molecule has 0 aliphatic carbocycles. The number of aromatic nitrogens is 1. The molecule has 4 rings (SSSR count). The quantitative estimate of drug-likeness (QED) is 0.367. The summed E-state index contributed by atoms with van der Waals surface area (Å²) in [4.78, 5) is 21.7. The van der Waals surface area contributed by atoms with Gasteiger partial charge in [-0.15, -0.1) is 0 Å². The highest BCUT2D eigenvalue weighted by atomic mass is 19.4. The van der Waals surface area contributed by atoms with E-state index in [1.54, 1.807) is 18.3 Å². The molecule has 8 heteroatoms. The number of carbonyl (C=O) groups excluding carboxylic acids is 1. The van der Waals surface area contributed by atoms with Crippen LogP contribution in [0.3, 0.4) is 0 Å². The van der Waals surface area contributed by atoms with Gasteiger partial charge in [-0.3, -0.25) is 14.7 Å². The second kappa shape index (κ2) is 12.5. The minimum absolute atomic E-state index is 0. The Morgan fingerprint density at radius 1 is 0.974 bits per heavy atom. The number of alkyl halides is 3. The van der Waals surface area contributed by atoms with E-state index in [0.717, 1.165) is 69.1 Å². The van der Waals surface area contributed by atoms with Gasteiger partial charge in [0.1, 0.15) is 0 Å². The third-order valence-corrected chi connectivity index (χ3v) is 6.97. The summed E-state index contributed by atoms with van der Waals surface area (Å²) in [7, 11) is 2.04. The fourth-order valence-electron chi connectivity index (χ4n) is 4.82. The number of pyridine rings is 1. The Morgan fingerprint density at radius 2 is 1.76 bits per heavy atom. The van der Waals surface area contributed by atoms with Crippen molar-refractivity contribution in [3.63, 3.8) is 0 Å². The maximum absolute atomic E-state index is 13.7. The molecule has 204 valence electrons. The number of likely N-dealkylation sites (N-methyl/N-ethyl adjacent to an activating group) is 1. The van der Waals surface area contributed by atoms with Crippen LogP contribution in [0.15, 0.2) is 60.9 Å². The summed E-state index contributed by atoms with van der Waals surface area (Å²) in [5.41, 5.74) is 3.74. The second-order valence-electron chi connectivity index (χ2n) is 10.0. The van der Waals surface area contributed by atoms with Crippen molar-refractivity contribution in [2.45, 2.75) is 45.3 Å². The minimum atomic E-state index is -4.50. The number of benzene rings is 2. The number of hydrogen-bond donors (Lipinski definition) is 1. The van der Waals surface area contributed by atoms with Gasteiger partial charge in [0.2, 0.25) is 0 Å². The molecule has 0 bridgehead atoms. The van der Waals surface area contributed by atoms with Crippen LogP contribution in [-0.4, -0.2) is 53.9 Å². The highest BCUT2D eigenvalue weighted by Crippen LogP contribution is 2.32. The predicted molar refractivity (Wildman–Crippen MR) is 146 cm³/mol. The van der Waals surface area contributed by atoms with E-state index in [1.807, 2.05) is 37.5 Å². The Hall–Kier alpha value is -3.23. The summed E-state index contributed by atoms with van der Waals surface area (Å²) >= 11 is 0. The molecule has 0 saturated carbocycles. The highest BCUT2D eigenvalue weighted by Gasteiger charge is 2.31. The van der Waals surface area contributed by atoms with Gasteiger partial charge in [-0.1, -0.05) is 25.5 Å². The van der Waals surface area contributed by atoms with Gasteiger partial charge in [0.05, 0.1) is 5.56 Å². The van der Waals surface area contributed by atoms with Gasteiger partial charge in [-0.2, -0.15) is 13.2 Å². The lowest BCUT2D eigenvalue weighted by molar-refractivity contribution is -0.137. The number of amides is 1. The maximum Gasteiger partial charge on any atom is 0.416 e. The normalized spacial score (nSPS) is 15.0. The zero-order valence-electron chi connectivity index (χ0n) is 22.0. The molecule has 38 heavy (non-hydrogen) atoms. The fourth-order valence-corrected chi connectivity index (χ4v) is 4.82. The van der Waals surface area contributed by atoms with E-state index in [2.05, 4.69) is 27.0 Å². The number of nitrogens with one attached hydrogen (secondary N) is 1. The van der Waals surface area contributed by atoms with Gasteiger partial charge < -0.3 is 10.2 Å². The van der Waals surface area contributed by atoms with E-state index >= 15 is 0 Å². The molecule has 1 amide bonds. The van der Waals surface area contributed by atoms with Crippen LogP contribution in [-0.2, 0) is 32.0 Å². The average molecular weight is 527 g/mol. The first-order valence-electron chi connectivity index (χ1n) is 13.2. The number of piperazine rings is 1. The Labute approximate surface area is 224 Å². The Balaban J connectivity index is 0.00000420. The zero-order chi connectivity index (χ0) is 27.1. The number of hydrogen-bond acceptors (Lipinski definition) is 4. The van der Waals surface area contributed by atoms with Crippen LogP contribution in [0.1, 0.15) is 52.9 Å². The van der Waals surface area contributed by atoms with Crippen LogP contribution in [0.5, 0.6) is 0 Å². The van der Waals surface area contributed by atoms with Gasteiger partial charge >= 0.3 is 6.18 Å². The summed E-state index contributed by atoms with van der Waals surface area (Å²) in [6.07, 6.45) is 2.49. The number of carbonyl (C=O) groups is 1. The van der Waals surface area contributed by atoms with Gasteiger partial charge in [0.25, 0.3) is 5.91 Å². The molecule has 3 aromatic rings. The molecule has 1 aliphatic rings. The molecule has 1 aliphatic heterocycles. The van der Waals surface area contributed by atoms with E-state index in [4.69, 9.17) is 0 Å². The van der Waals surface area contributed by atoms with Crippen molar-refractivity contribution in [2.24, 2.45) is 0 Å². The number of aryl methyl sites for hydroxylation is 3. The maximum atomic E-state index is 13.7. The smallest absolute Gasteiger partial charge is 0.322 e. The largest absolute Gasteiger partial charge is 0.416 e. The van der Waals surface area contributed by atoms with Crippen LogP contribution < -0.4 is 5.32 Å². The van der Waals surface area contributed by atoms with Gasteiger partial charge in [0.15, 0.2) is 0 Å². The van der Waals surface area contributed by atoms with Crippen molar-refractivity contribution < 1.29 is 19.4 Å². The lowest BCUT2D eigenvalue weighted by Gasteiger charge is -2.32. The lowest BCUT2D eigenvalue weighted by atomic mass is 9.95. The van der Waals surface area contributed by atoms with Crippen molar-refractivity contribution in [3.05, 3.63) is 94.3 Å². The molecule has 0 radical (unpaired) electrons. The standard InChI is InChI=1S/C30H35F3N4O.H2/c1-3-5-24-9-10-26(18-25(24)8-7-22-6-4-11-34-20-22)29(38)35-28-17-23(16-27(19-28)30(31,32)33)21-37-14-12-36(2)13-15-37;/h4,6,9-11,16-20H,3,5,7-8,12-15,21H2,1-2H3,(H,35,38);1H. The Kier molecular flexibility index (Phi) is 9.17. The van der Waals surface area contributed by atoms with Gasteiger partial charge in [-0.05, 0) is 85.0 Å². The van der Waals surface area contributed by atoms with Crippen molar-refractivity contribution in [1.29, 1.82) is 0 Å². The van der Waals surface area contributed by atoms with Gasteiger partial charge in [-0.25, -0.2) is 0 Å². The summed E-state index contributed by atoms with van der Waals surface area (Å²) in [5.74, 6) is -0.416. The number of anilines is 1. The zero-order valence-corrected chi connectivity index (χ0v) is 22.0. The summed E-state index contributed by atoms with van der Waals surface area (Å²) in [5, 5.41) is 2.73. The van der Waals surface area contributed by atoms with Crippen LogP contribution in [0.25, 0.3) is 0 Å². The molecular formula is C30H37F3N4O. The van der Waals surface area contributed by atoms with Crippen LogP contribution in [0, 0.1) is 0 Å². The average Bonchev–Trinajstić information content (AvgIpc) is 2.89. The van der Waals surface area contributed by atoms with E-state index in [9.17, 15) is 18.0 Å². The molecule has 1 saturated heterocycles. The van der Waals surface area contributed by atoms with Crippen LogP contribution in [0.2, 0.25) is 0 Å². The lowest BCUT2D eigenvalue weighted by Crippen LogP contribution is -2.43. The predicted octanol–water partition coefficient (Wildman–Crippen LogP) is 6.08. The van der Waals surface area contributed by atoms with E-state index < -0.39 is 17.6 Å². The first-order chi connectivity index (χ1) is 18.2. The molecule has 1 N–H and O–H groups in total. The Morgan fingerprint density at radius 3 is 2.45 bits per heavy atom. The number of halogens is 3. The number of rotatable bonds is 9. The van der Waals surface area contributed by atoms with E-state index in [1.165, 1.54) is 11.6 Å². The second-order valence-corrected chi connectivity index (χ2v) is 10.0. The van der Waals surface area contributed by atoms with Crippen molar-refractivity contribution in [2.75, 3.05) is 38.5 Å². The summed E-state index contributed by atoms with van der Waals surface area (Å²) in [6.45, 7) is 5.85. The highest BCUT2D eigenvalue weighted by molar-refractivity contribution is 6.04. The Bertz CT molecular complexity index is 1230. The van der Waals surface area contributed by atoms with Crippen molar-refractivity contribution in [3.8, 4) is 0 Å². The van der Waals surface area contributed by atoms with Gasteiger partial charge in [0, 0.05) is 57.8 Å². The third kappa shape index (κ3) is 7.65. The number of nitrogens with zero attached hydrogens (tertiary/aromatic N) is 3. The summed E-state index contributed by atoms with van der Waals surface area (Å²) in [6, 6.07) is 13.4.